The van der Waals surface area contributed by atoms with E-state index >= 15 is 0 Å². The van der Waals surface area contributed by atoms with Crippen LogP contribution in [0, 0.1) is 68.0 Å². The van der Waals surface area contributed by atoms with Crippen molar-refractivity contribution in [2.75, 3.05) is 0 Å². The minimum absolute atomic E-state index is 0.430. The second kappa shape index (κ2) is 15.4. The molecule has 0 N–H and O–H groups in total. The van der Waals surface area contributed by atoms with Gasteiger partial charge in [0.25, 0.3) is 0 Å². The Morgan fingerprint density at radius 1 is 0.246 bits per heavy atom. The highest BCUT2D eigenvalue weighted by atomic mass is 15.0. The van der Waals surface area contributed by atoms with Crippen molar-refractivity contribution >= 4 is 21.8 Å². The van der Waals surface area contributed by atoms with Gasteiger partial charge in [0.15, 0.2) is 0 Å². The molecule has 0 saturated carbocycles. The maximum atomic E-state index is 9.57. The van der Waals surface area contributed by atoms with E-state index in [0.717, 1.165) is 83.1 Å². The number of nitriles is 6. The number of nitrogens with zero attached hydrogens (tertiary/aromatic N) is 7. The zero-order valence-electron chi connectivity index (χ0n) is 32.2. The lowest BCUT2D eigenvalue weighted by atomic mass is 9.96. The van der Waals surface area contributed by atoms with Crippen LogP contribution < -0.4 is 0 Å². The van der Waals surface area contributed by atoms with Crippen LogP contribution in [0.25, 0.3) is 83.1 Å². The summed E-state index contributed by atoms with van der Waals surface area (Å²) in [6.07, 6.45) is 0. The maximum Gasteiger partial charge on any atom is 0.0992 e. The van der Waals surface area contributed by atoms with Crippen molar-refractivity contribution in [1.29, 1.82) is 31.6 Å². The van der Waals surface area contributed by atoms with Crippen molar-refractivity contribution in [1.82, 2.24) is 4.57 Å². The number of fused-ring (bicyclic) bond motifs is 3. The van der Waals surface area contributed by atoms with Gasteiger partial charge in [-0.05, 0) is 147 Å². The van der Waals surface area contributed by atoms with Gasteiger partial charge >= 0.3 is 0 Å². The van der Waals surface area contributed by atoms with Crippen molar-refractivity contribution in [2.24, 2.45) is 0 Å². The van der Waals surface area contributed by atoms with E-state index in [1.54, 1.807) is 54.6 Å². The topological polar surface area (TPSA) is 148 Å². The first-order valence-electron chi connectivity index (χ1n) is 19.1. The average molecular weight is 774 g/mol. The SMILES string of the molecule is N#Cc1cc(C#N)cc(-c2ccc(-c3ccc4c(c3)c3cc(-c5ccc(-c6cc(C#N)cc(C#N)c6)cc5)ccc3n4-c3ccc(-c4cc(C#N)cc(C#N)c4)cc3)cc2)c1. The Balaban J connectivity index is 1.15. The minimum atomic E-state index is 0.430. The number of hydrogen-bond acceptors (Lipinski definition) is 6. The van der Waals surface area contributed by atoms with Crippen molar-refractivity contribution in [3.8, 4) is 97.7 Å². The summed E-state index contributed by atoms with van der Waals surface area (Å²) >= 11 is 0. The summed E-state index contributed by atoms with van der Waals surface area (Å²) < 4.78 is 2.24. The Bertz CT molecular complexity index is 3240. The van der Waals surface area contributed by atoms with Gasteiger partial charge in [0.05, 0.1) is 80.8 Å². The third-order valence-electron chi connectivity index (χ3n) is 10.9. The van der Waals surface area contributed by atoms with Gasteiger partial charge in [-0.1, -0.05) is 72.8 Å². The van der Waals surface area contributed by atoms with E-state index in [2.05, 4.69) is 114 Å². The number of benzene rings is 8. The molecule has 1 aromatic heterocycles. The third-order valence-corrected chi connectivity index (χ3v) is 10.9. The Morgan fingerprint density at radius 3 is 0.770 bits per heavy atom. The van der Waals surface area contributed by atoms with Gasteiger partial charge < -0.3 is 4.57 Å². The molecule has 7 heteroatoms. The van der Waals surface area contributed by atoms with Gasteiger partial charge in [0.2, 0.25) is 0 Å². The van der Waals surface area contributed by atoms with Crippen LogP contribution in [0.4, 0.5) is 0 Å². The zero-order valence-corrected chi connectivity index (χ0v) is 32.2. The summed E-state index contributed by atoms with van der Waals surface area (Å²) in [5, 5.41) is 59.3. The van der Waals surface area contributed by atoms with Gasteiger partial charge in [-0.25, -0.2) is 0 Å². The van der Waals surface area contributed by atoms with E-state index in [9.17, 15) is 31.6 Å². The van der Waals surface area contributed by atoms with E-state index in [-0.39, 0.29) is 0 Å². The van der Waals surface area contributed by atoms with Crippen molar-refractivity contribution in [3.63, 3.8) is 0 Å². The third kappa shape index (κ3) is 6.98. The smallest absolute Gasteiger partial charge is 0.0992 e. The first-order chi connectivity index (χ1) is 29.9. The Morgan fingerprint density at radius 2 is 0.492 bits per heavy atom. The fourth-order valence-electron chi connectivity index (χ4n) is 7.94. The molecule has 0 unspecified atom stereocenters. The predicted molar refractivity (Wildman–Crippen MR) is 236 cm³/mol. The highest BCUT2D eigenvalue weighted by molar-refractivity contribution is 6.11. The van der Waals surface area contributed by atoms with Crippen LogP contribution in [0.15, 0.2) is 164 Å². The first-order valence-corrected chi connectivity index (χ1v) is 19.1. The predicted octanol–water partition coefficient (Wildman–Crippen LogP) is 12.3. The van der Waals surface area contributed by atoms with E-state index in [1.165, 1.54) is 0 Å². The standard InChI is InChI=1S/C54H27N7/c55-28-34-17-35(29-56)21-47(20-34)42-5-1-40(2-6-42)45-11-15-53-51(26-45)52-27-46(41-3-7-43(8-4-41)48-22-36(30-57)18-37(23-48)31-58)12-16-54(52)61(53)50-13-9-44(10-14-50)49-24-38(32-59)19-39(25-49)33-60/h1-27H. The molecule has 9 rings (SSSR count). The second-order valence-electron chi connectivity index (χ2n) is 14.6. The summed E-state index contributed by atoms with van der Waals surface area (Å²) in [6, 6.07) is 65.7. The molecule has 7 nitrogen and oxygen atoms in total. The van der Waals surface area contributed by atoms with Gasteiger partial charge in [-0.2, -0.15) is 31.6 Å². The normalized spacial score (nSPS) is 10.5. The highest BCUT2D eigenvalue weighted by Gasteiger charge is 2.16. The second-order valence-corrected chi connectivity index (χ2v) is 14.6. The molecule has 1 heterocycles. The molecule has 0 saturated heterocycles. The maximum absolute atomic E-state index is 9.57. The van der Waals surface area contributed by atoms with Crippen LogP contribution in [-0.4, -0.2) is 4.57 Å². The van der Waals surface area contributed by atoms with Crippen LogP contribution >= 0.6 is 0 Å². The van der Waals surface area contributed by atoms with Crippen LogP contribution in [0.1, 0.15) is 33.4 Å². The average Bonchev–Trinajstić information content (AvgIpc) is 3.66. The molecular weight excluding hydrogens is 747 g/mol. The summed E-state index contributed by atoms with van der Waals surface area (Å²) in [7, 11) is 0. The molecule has 9 aromatic rings. The summed E-state index contributed by atoms with van der Waals surface area (Å²) in [4.78, 5) is 0. The lowest BCUT2D eigenvalue weighted by molar-refractivity contribution is 1.18. The molecular formula is C54H27N7. The van der Waals surface area contributed by atoms with Crippen LogP contribution in [0.3, 0.4) is 0 Å². The summed E-state index contributed by atoms with van der Waals surface area (Å²) in [5.74, 6) is 0. The molecule has 0 aliphatic rings. The zero-order chi connectivity index (χ0) is 42.0. The summed E-state index contributed by atoms with van der Waals surface area (Å²) in [5.41, 5.74) is 14.7. The molecule has 0 atom stereocenters. The largest absolute Gasteiger partial charge is 0.309 e. The number of rotatable bonds is 6. The number of aromatic nitrogens is 1. The van der Waals surface area contributed by atoms with Crippen LogP contribution in [0.2, 0.25) is 0 Å². The first kappa shape index (κ1) is 37.1. The fourth-order valence-corrected chi connectivity index (χ4v) is 7.94. The van der Waals surface area contributed by atoms with Crippen molar-refractivity contribution < 1.29 is 0 Å². The molecule has 0 aliphatic carbocycles. The Hall–Kier alpha value is -9.50. The van der Waals surface area contributed by atoms with Crippen molar-refractivity contribution in [3.05, 3.63) is 197 Å². The molecule has 0 fully saturated rings. The molecule has 278 valence electrons. The van der Waals surface area contributed by atoms with Gasteiger partial charge in [0, 0.05) is 16.5 Å². The molecule has 0 bridgehead atoms. The summed E-state index contributed by atoms with van der Waals surface area (Å²) in [6.45, 7) is 0. The van der Waals surface area contributed by atoms with Gasteiger partial charge in [-0.3, -0.25) is 0 Å². The van der Waals surface area contributed by atoms with Gasteiger partial charge in [-0.15, -0.1) is 0 Å². The minimum Gasteiger partial charge on any atom is -0.309 e. The van der Waals surface area contributed by atoms with Crippen LogP contribution in [0.5, 0.6) is 0 Å². The Kier molecular flexibility index (Phi) is 9.39. The Labute approximate surface area is 351 Å². The lowest BCUT2D eigenvalue weighted by Gasteiger charge is -2.11. The van der Waals surface area contributed by atoms with Crippen LogP contribution in [-0.2, 0) is 0 Å². The molecule has 8 aromatic carbocycles. The molecule has 0 amide bonds. The molecule has 0 radical (unpaired) electrons. The molecule has 61 heavy (non-hydrogen) atoms. The van der Waals surface area contributed by atoms with E-state index in [4.69, 9.17) is 0 Å². The van der Waals surface area contributed by atoms with E-state index < -0.39 is 0 Å². The van der Waals surface area contributed by atoms with E-state index in [1.807, 2.05) is 36.4 Å². The molecule has 0 aliphatic heterocycles. The van der Waals surface area contributed by atoms with Gasteiger partial charge in [0.1, 0.15) is 0 Å². The molecule has 0 spiro atoms. The highest BCUT2D eigenvalue weighted by Crippen LogP contribution is 2.39. The van der Waals surface area contributed by atoms with Crippen molar-refractivity contribution in [2.45, 2.75) is 0 Å². The van der Waals surface area contributed by atoms with E-state index in [0.29, 0.717) is 33.4 Å². The quantitative estimate of drug-likeness (QED) is 0.164. The lowest BCUT2D eigenvalue weighted by Crippen LogP contribution is -1.94. The number of hydrogen-bond donors (Lipinski definition) is 0. The fraction of sp³-hybridized carbons (Fsp3) is 0. The monoisotopic (exact) mass is 773 g/mol.